The zero-order chi connectivity index (χ0) is 13.2. The molecule has 1 aliphatic carbocycles. The van der Waals surface area contributed by atoms with Gasteiger partial charge in [0.15, 0.2) is 5.78 Å². The average molecular weight is 246 g/mol. The van der Waals surface area contributed by atoms with Crippen LogP contribution in [0.5, 0.6) is 0 Å². The summed E-state index contributed by atoms with van der Waals surface area (Å²) < 4.78 is 0. The van der Waals surface area contributed by atoms with Crippen molar-refractivity contribution in [2.75, 3.05) is 0 Å². The zero-order valence-corrected chi connectivity index (χ0v) is 11.8. The van der Waals surface area contributed by atoms with Crippen LogP contribution in [0.2, 0.25) is 0 Å². The van der Waals surface area contributed by atoms with Crippen LogP contribution in [-0.2, 0) is 0 Å². The van der Waals surface area contributed by atoms with Gasteiger partial charge in [-0.05, 0) is 12.8 Å². The number of Topliss-reactive ketones (excluding diaryl/α,β-unsaturated/α-hetero) is 1. The van der Waals surface area contributed by atoms with Gasteiger partial charge in [-0.3, -0.25) is 4.79 Å². The first-order valence-electron chi connectivity index (χ1n) is 7.30. The molecule has 1 nitrogen and oxygen atoms in total. The lowest BCUT2D eigenvalue weighted by molar-refractivity contribution is 0.101. The molecular formula is C17H26O. The summed E-state index contributed by atoms with van der Waals surface area (Å²) in [6.45, 7) is 3.85. The second-order valence-corrected chi connectivity index (χ2v) is 5.21. The lowest BCUT2D eigenvalue weighted by atomic mass is 10.0. The Balaban J connectivity index is 0.000000180. The average Bonchev–Trinajstić information content (AvgIpc) is 2.91. The van der Waals surface area contributed by atoms with Crippen LogP contribution < -0.4 is 0 Å². The van der Waals surface area contributed by atoms with Gasteiger partial charge in [0.05, 0.1) is 0 Å². The molecule has 0 bridgehead atoms. The first kappa shape index (κ1) is 14.9. The Morgan fingerprint density at radius 3 is 2.22 bits per heavy atom. The molecule has 100 valence electrons. The molecule has 1 aromatic carbocycles. The van der Waals surface area contributed by atoms with Gasteiger partial charge in [0.25, 0.3) is 0 Å². The molecule has 1 aromatic rings. The van der Waals surface area contributed by atoms with Crippen molar-refractivity contribution in [3.8, 4) is 0 Å². The molecule has 0 unspecified atom stereocenters. The molecule has 2 rings (SSSR count). The molecule has 18 heavy (non-hydrogen) atoms. The van der Waals surface area contributed by atoms with E-state index in [1.165, 1.54) is 44.9 Å². The molecule has 1 heteroatoms. The monoisotopic (exact) mass is 246 g/mol. The normalized spacial score (nSPS) is 15.0. The SMILES string of the molecule is CC(=O)c1ccccc1.CCCCC1CCCC1. The number of rotatable bonds is 4. The van der Waals surface area contributed by atoms with Crippen molar-refractivity contribution in [3.63, 3.8) is 0 Å². The molecule has 0 heterocycles. The van der Waals surface area contributed by atoms with Crippen LogP contribution in [0.3, 0.4) is 0 Å². The summed E-state index contributed by atoms with van der Waals surface area (Å²) in [6, 6.07) is 9.23. The Bertz CT molecular complexity index is 323. The molecule has 0 saturated heterocycles. The van der Waals surface area contributed by atoms with E-state index < -0.39 is 0 Å². The molecule has 0 aliphatic heterocycles. The second-order valence-electron chi connectivity index (χ2n) is 5.21. The maximum absolute atomic E-state index is 10.6. The maximum atomic E-state index is 10.6. The number of hydrogen-bond acceptors (Lipinski definition) is 1. The minimum Gasteiger partial charge on any atom is -0.295 e. The van der Waals surface area contributed by atoms with Crippen LogP contribution in [0.15, 0.2) is 30.3 Å². The van der Waals surface area contributed by atoms with E-state index in [4.69, 9.17) is 0 Å². The predicted molar refractivity (Wildman–Crippen MR) is 77.9 cm³/mol. The number of benzene rings is 1. The number of ketones is 1. The Morgan fingerprint density at radius 1 is 1.17 bits per heavy atom. The highest BCUT2D eigenvalue weighted by Crippen LogP contribution is 2.28. The fraction of sp³-hybridized carbons (Fsp3) is 0.588. The van der Waals surface area contributed by atoms with Gasteiger partial charge < -0.3 is 0 Å². The van der Waals surface area contributed by atoms with Crippen LogP contribution in [0, 0.1) is 5.92 Å². The van der Waals surface area contributed by atoms with Gasteiger partial charge in [-0.2, -0.15) is 0 Å². The summed E-state index contributed by atoms with van der Waals surface area (Å²) in [4.78, 5) is 10.6. The lowest BCUT2D eigenvalue weighted by Crippen LogP contribution is -1.91. The summed E-state index contributed by atoms with van der Waals surface area (Å²) in [5.41, 5.74) is 0.775. The molecular weight excluding hydrogens is 220 g/mol. The summed E-state index contributed by atoms with van der Waals surface area (Å²) in [5, 5.41) is 0. The fourth-order valence-corrected chi connectivity index (χ4v) is 2.46. The summed E-state index contributed by atoms with van der Waals surface area (Å²) >= 11 is 0. The summed E-state index contributed by atoms with van der Waals surface area (Å²) in [6.07, 6.45) is 10.4. The largest absolute Gasteiger partial charge is 0.295 e. The molecule has 0 aromatic heterocycles. The standard InChI is InChI=1S/C9H18.C8H8O/c1-2-3-6-9-7-4-5-8-9;1-7(9)8-5-3-2-4-6-8/h9H,2-8H2,1H3;2-6H,1H3. The van der Waals surface area contributed by atoms with E-state index in [9.17, 15) is 4.79 Å². The Kier molecular flexibility index (Phi) is 7.40. The highest BCUT2D eigenvalue weighted by molar-refractivity contribution is 5.93. The molecule has 1 aliphatic rings. The molecule has 0 radical (unpaired) electrons. The van der Waals surface area contributed by atoms with Crippen LogP contribution in [0.4, 0.5) is 0 Å². The highest BCUT2D eigenvalue weighted by Gasteiger charge is 2.13. The van der Waals surface area contributed by atoms with Crippen molar-refractivity contribution in [2.45, 2.75) is 58.8 Å². The Labute approximate surface area is 112 Å². The molecule has 0 amide bonds. The Hall–Kier alpha value is -1.11. The molecule has 0 spiro atoms. The van der Waals surface area contributed by atoms with Crippen molar-refractivity contribution in [2.24, 2.45) is 5.92 Å². The number of hydrogen-bond donors (Lipinski definition) is 0. The van der Waals surface area contributed by atoms with Crippen LogP contribution in [0.25, 0.3) is 0 Å². The third-order valence-corrected chi connectivity index (χ3v) is 3.62. The lowest BCUT2D eigenvalue weighted by Gasteiger charge is -2.05. The number of unbranched alkanes of at least 4 members (excludes halogenated alkanes) is 1. The quantitative estimate of drug-likeness (QED) is 0.663. The van der Waals surface area contributed by atoms with E-state index >= 15 is 0 Å². The third kappa shape index (κ3) is 6.00. The van der Waals surface area contributed by atoms with Crippen molar-refractivity contribution in [1.82, 2.24) is 0 Å². The molecule has 0 N–H and O–H groups in total. The second kappa shape index (κ2) is 8.91. The Morgan fingerprint density at radius 2 is 1.78 bits per heavy atom. The highest BCUT2D eigenvalue weighted by atomic mass is 16.1. The van der Waals surface area contributed by atoms with E-state index in [1.54, 1.807) is 6.92 Å². The van der Waals surface area contributed by atoms with Crippen LogP contribution in [0.1, 0.15) is 69.2 Å². The summed E-state index contributed by atoms with van der Waals surface area (Å²) in [7, 11) is 0. The first-order valence-corrected chi connectivity index (χ1v) is 7.30. The van der Waals surface area contributed by atoms with E-state index in [2.05, 4.69) is 6.92 Å². The first-order chi connectivity index (χ1) is 8.74. The van der Waals surface area contributed by atoms with Crippen molar-refractivity contribution < 1.29 is 4.79 Å². The molecule has 1 saturated carbocycles. The van der Waals surface area contributed by atoms with Crippen molar-refractivity contribution in [3.05, 3.63) is 35.9 Å². The van der Waals surface area contributed by atoms with Crippen molar-refractivity contribution in [1.29, 1.82) is 0 Å². The fourth-order valence-electron chi connectivity index (χ4n) is 2.46. The third-order valence-electron chi connectivity index (χ3n) is 3.62. The van der Waals surface area contributed by atoms with Gasteiger partial charge in [-0.1, -0.05) is 82.2 Å². The molecule has 0 atom stereocenters. The number of carbonyl (C=O) groups excluding carboxylic acids is 1. The maximum Gasteiger partial charge on any atom is 0.159 e. The van der Waals surface area contributed by atoms with Gasteiger partial charge in [0, 0.05) is 5.56 Å². The van der Waals surface area contributed by atoms with Gasteiger partial charge >= 0.3 is 0 Å². The molecule has 1 fully saturated rings. The van der Waals surface area contributed by atoms with E-state index in [0.29, 0.717) is 0 Å². The van der Waals surface area contributed by atoms with E-state index in [-0.39, 0.29) is 5.78 Å². The minimum absolute atomic E-state index is 0.121. The van der Waals surface area contributed by atoms with Crippen molar-refractivity contribution >= 4 is 5.78 Å². The smallest absolute Gasteiger partial charge is 0.159 e. The number of carbonyl (C=O) groups is 1. The van der Waals surface area contributed by atoms with Gasteiger partial charge in [-0.25, -0.2) is 0 Å². The topological polar surface area (TPSA) is 17.1 Å². The van der Waals surface area contributed by atoms with Gasteiger partial charge in [-0.15, -0.1) is 0 Å². The minimum atomic E-state index is 0.121. The predicted octanol–water partition coefficient (Wildman–Crippen LogP) is 5.26. The summed E-state index contributed by atoms with van der Waals surface area (Å²) in [5.74, 6) is 1.24. The van der Waals surface area contributed by atoms with Crippen LogP contribution >= 0.6 is 0 Å². The van der Waals surface area contributed by atoms with E-state index in [1.807, 2.05) is 30.3 Å². The van der Waals surface area contributed by atoms with Gasteiger partial charge in [0.1, 0.15) is 0 Å². The van der Waals surface area contributed by atoms with Crippen LogP contribution in [-0.4, -0.2) is 5.78 Å². The van der Waals surface area contributed by atoms with E-state index in [0.717, 1.165) is 11.5 Å². The van der Waals surface area contributed by atoms with Gasteiger partial charge in [0.2, 0.25) is 0 Å². The zero-order valence-electron chi connectivity index (χ0n) is 11.8.